The third-order valence-corrected chi connectivity index (χ3v) is 4.01. The van der Waals surface area contributed by atoms with Gasteiger partial charge in [-0.3, -0.25) is 4.79 Å². The Bertz CT molecular complexity index is 700. The van der Waals surface area contributed by atoms with Crippen LogP contribution in [0.15, 0.2) is 54.6 Å². The molecule has 2 aromatic rings. The van der Waals surface area contributed by atoms with Gasteiger partial charge in [-0.15, -0.1) is 0 Å². The number of halogens is 1. The molecule has 1 heterocycles. The van der Waals surface area contributed by atoms with Crippen molar-refractivity contribution in [3.05, 3.63) is 65.2 Å². The maximum absolute atomic E-state index is 12.6. The van der Waals surface area contributed by atoms with Gasteiger partial charge in [0.05, 0.1) is 5.69 Å². The number of amides is 3. The van der Waals surface area contributed by atoms with Crippen molar-refractivity contribution in [2.24, 2.45) is 0 Å². The van der Waals surface area contributed by atoms with Gasteiger partial charge in [0, 0.05) is 11.6 Å². The molecule has 112 valence electrons. The Labute approximate surface area is 133 Å². The maximum atomic E-state index is 12.6. The zero-order valence-electron chi connectivity index (χ0n) is 12.1. The van der Waals surface area contributed by atoms with Gasteiger partial charge in [-0.2, -0.15) is 0 Å². The molecule has 4 nitrogen and oxygen atoms in total. The van der Waals surface area contributed by atoms with Crippen molar-refractivity contribution in [3.8, 4) is 0 Å². The summed E-state index contributed by atoms with van der Waals surface area (Å²) >= 11 is 5.86. The lowest BCUT2D eigenvalue weighted by Crippen LogP contribution is -2.33. The third-order valence-electron chi connectivity index (χ3n) is 3.76. The van der Waals surface area contributed by atoms with Crippen molar-refractivity contribution in [1.29, 1.82) is 0 Å². The molecular formula is C17H15ClN2O2. The van der Waals surface area contributed by atoms with Crippen LogP contribution in [0.5, 0.6) is 0 Å². The highest BCUT2D eigenvalue weighted by atomic mass is 35.5. The molecule has 22 heavy (non-hydrogen) atoms. The fourth-order valence-electron chi connectivity index (χ4n) is 2.52. The Morgan fingerprint density at radius 1 is 1.00 bits per heavy atom. The van der Waals surface area contributed by atoms with Crippen molar-refractivity contribution in [1.82, 2.24) is 4.90 Å². The minimum Gasteiger partial charge on any atom is -0.308 e. The first-order chi connectivity index (χ1) is 10.6. The molecule has 0 spiro atoms. The SMILES string of the molecule is C[C@H]1C(=O)N(c2ccc(Cl)cc2)C(=O)N1Cc1ccccc1. The summed E-state index contributed by atoms with van der Waals surface area (Å²) in [7, 11) is 0. The first kappa shape index (κ1) is 14.6. The van der Waals surface area contributed by atoms with Gasteiger partial charge in [0.1, 0.15) is 6.04 Å². The molecule has 0 aromatic heterocycles. The molecule has 0 N–H and O–H groups in total. The van der Waals surface area contributed by atoms with Crippen molar-refractivity contribution in [2.75, 3.05) is 4.90 Å². The van der Waals surface area contributed by atoms with Crippen LogP contribution >= 0.6 is 11.6 Å². The summed E-state index contributed by atoms with van der Waals surface area (Å²) in [5.41, 5.74) is 1.54. The molecule has 0 unspecified atom stereocenters. The van der Waals surface area contributed by atoms with Crippen LogP contribution in [0.1, 0.15) is 12.5 Å². The van der Waals surface area contributed by atoms with Gasteiger partial charge in [-0.05, 0) is 36.8 Å². The summed E-state index contributed by atoms with van der Waals surface area (Å²) in [6, 6.07) is 15.5. The predicted molar refractivity (Wildman–Crippen MR) is 85.8 cm³/mol. The number of imide groups is 1. The van der Waals surface area contributed by atoms with Gasteiger partial charge < -0.3 is 4.90 Å². The van der Waals surface area contributed by atoms with Gasteiger partial charge >= 0.3 is 6.03 Å². The predicted octanol–water partition coefficient (Wildman–Crippen LogP) is 3.70. The second kappa shape index (κ2) is 5.81. The number of benzene rings is 2. The van der Waals surface area contributed by atoms with E-state index in [9.17, 15) is 9.59 Å². The Hall–Kier alpha value is -2.33. The fourth-order valence-corrected chi connectivity index (χ4v) is 2.65. The second-order valence-corrected chi connectivity index (χ2v) is 5.66. The molecule has 3 amide bonds. The molecule has 0 radical (unpaired) electrons. The van der Waals surface area contributed by atoms with Gasteiger partial charge in [0.2, 0.25) is 0 Å². The quantitative estimate of drug-likeness (QED) is 0.811. The number of rotatable bonds is 3. The van der Waals surface area contributed by atoms with E-state index < -0.39 is 6.04 Å². The first-order valence-corrected chi connectivity index (χ1v) is 7.40. The molecule has 2 aromatic carbocycles. The smallest absolute Gasteiger partial charge is 0.308 e. The Morgan fingerprint density at radius 3 is 2.27 bits per heavy atom. The Morgan fingerprint density at radius 2 is 1.64 bits per heavy atom. The van der Waals surface area contributed by atoms with Crippen LogP contribution in [0, 0.1) is 0 Å². The van der Waals surface area contributed by atoms with Crippen LogP contribution in [-0.4, -0.2) is 22.9 Å². The average Bonchev–Trinajstić information content (AvgIpc) is 2.73. The molecule has 1 atom stereocenters. The van der Waals surface area contributed by atoms with Crippen LogP contribution in [0.2, 0.25) is 5.02 Å². The zero-order valence-corrected chi connectivity index (χ0v) is 12.8. The normalized spacial score (nSPS) is 18.2. The monoisotopic (exact) mass is 314 g/mol. The molecule has 1 saturated heterocycles. The molecule has 0 aliphatic carbocycles. The Balaban J connectivity index is 1.87. The fraction of sp³-hybridized carbons (Fsp3) is 0.176. The summed E-state index contributed by atoms with van der Waals surface area (Å²) in [6.07, 6.45) is 0. The maximum Gasteiger partial charge on any atom is 0.332 e. The summed E-state index contributed by atoms with van der Waals surface area (Å²) in [5.74, 6) is -0.219. The number of nitrogens with zero attached hydrogens (tertiary/aromatic N) is 2. The first-order valence-electron chi connectivity index (χ1n) is 7.02. The van der Waals surface area contributed by atoms with Crippen molar-refractivity contribution in [2.45, 2.75) is 19.5 Å². The average molecular weight is 315 g/mol. The molecular weight excluding hydrogens is 300 g/mol. The summed E-state index contributed by atoms with van der Waals surface area (Å²) in [6.45, 7) is 2.16. The van der Waals surface area contributed by atoms with Crippen molar-refractivity contribution >= 4 is 29.2 Å². The lowest BCUT2D eigenvalue weighted by atomic mass is 10.2. The molecule has 1 aliphatic heterocycles. The highest BCUT2D eigenvalue weighted by molar-refractivity contribution is 6.30. The standard InChI is InChI=1S/C17H15ClN2O2/c1-12-16(21)20(15-9-7-14(18)8-10-15)17(22)19(12)11-13-5-3-2-4-6-13/h2-10,12H,11H2,1H3/t12-/m0/s1. The number of carbonyl (C=O) groups excluding carboxylic acids is 2. The Kier molecular flexibility index (Phi) is 3.86. The van der Waals surface area contributed by atoms with E-state index in [1.165, 1.54) is 4.90 Å². The highest BCUT2D eigenvalue weighted by Gasteiger charge is 2.43. The van der Waals surface area contributed by atoms with Crippen molar-refractivity contribution < 1.29 is 9.59 Å². The van der Waals surface area contributed by atoms with E-state index in [2.05, 4.69) is 0 Å². The number of hydrogen-bond acceptors (Lipinski definition) is 2. The van der Waals surface area contributed by atoms with E-state index in [1.807, 2.05) is 30.3 Å². The number of anilines is 1. The van der Waals surface area contributed by atoms with Gasteiger partial charge in [0.25, 0.3) is 5.91 Å². The molecule has 0 bridgehead atoms. The van der Waals surface area contributed by atoms with Crippen LogP contribution in [0.3, 0.4) is 0 Å². The molecule has 1 fully saturated rings. The van der Waals surface area contributed by atoms with Gasteiger partial charge in [-0.1, -0.05) is 41.9 Å². The topological polar surface area (TPSA) is 40.6 Å². The lowest BCUT2D eigenvalue weighted by Gasteiger charge is -2.19. The molecule has 5 heteroatoms. The van der Waals surface area contributed by atoms with Crippen LogP contribution in [-0.2, 0) is 11.3 Å². The van der Waals surface area contributed by atoms with E-state index in [4.69, 9.17) is 11.6 Å². The minimum atomic E-state index is -0.483. The summed E-state index contributed by atoms with van der Waals surface area (Å²) in [5, 5.41) is 0.567. The number of carbonyl (C=O) groups is 2. The van der Waals surface area contributed by atoms with Crippen LogP contribution in [0.25, 0.3) is 0 Å². The highest BCUT2D eigenvalue weighted by Crippen LogP contribution is 2.27. The summed E-state index contributed by atoms with van der Waals surface area (Å²) in [4.78, 5) is 27.8. The van der Waals surface area contributed by atoms with E-state index in [1.54, 1.807) is 36.1 Å². The summed E-state index contributed by atoms with van der Waals surface area (Å²) < 4.78 is 0. The number of urea groups is 1. The van der Waals surface area contributed by atoms with E-state index in [0.29, 0.717) is 17.3 Å². The largest absolute Gasteiger partial charge is 0.332 e. The number of hydrogen-bond donors (Lipinski definition) is 0. The van der Waals surface area contributed by atoms with Crippen molar-refractivity contribution in [3.63, 3.8) is 0 Å². The van der Waals surface area contributed by atoms with E-state index in [-0.39, 0.29) is 11.9 Å². The molecule has 1 aliphatic rings. The van der Waals surface area contributed by atoms with Crippen LogP contribution < -0.4 is 4.90 Å². The van der Waals surface area contributed by atoms with Gasteiger partial charge in [-0.25, -0.2) is 9.69 Å². The van der Waals surface area contributed by atoms with E-state index >= 15 is 0 Å². The zero-order chi connectivity index (χ0) is 15.7. The molecule has 3 rings (SSSR count). The third kappa shape index (κ3) is 2.57. The van der Waals surface area contributed by atoms with E-state index in [0.717, 1.165) is 5.56 Å². The lowest BCUT2D eigenvalue weighted by molar-refractivity contribution is -0.119. The van der Waals surface area contributed by atoms with Gasteiger partial charge in [0.15, 0.2) is 0 Å². The molecule has 0 saturated carbocycles. The van der Waals surface area contributed by atoms with Crippen LogP contribution in [0.4, 0.5) is 10.5 Å². The minimum absolute atomic E-state index is 0.219. The second-order valence-electron chi connectivity index (χ2n) is 5.22.